The number of aliphatic hydroxyl groups excluding tert-OH is 1. The van der Waals surface area contributed by atoms with E-state index in [0.717, 1.165) is 5.56 Å². The lowest BCUT2D eigenvalue weighted by Crippen LogP contribution is -2.41. The van der Waals surface area contributed by atoms with E-state index in [2.05, 4.69) is 0 Å². The first-order valence-electron chi connectivity index (χ1n) is 6.22. The molecule has 0 saturated heterocycles. The van der Waals surface area contributed by atoms with E-state index in [1.54, 1.807) is 45.0 Å². The van der Waals surface area contributed by atoms with Crippen LogP contribution < -0.4 is 0 Å². The van der Waals surface area contributed by atoms with Crippen LogP contribution in [0.3, 0.4) is 0 Å². The van der Waals surface area contributed by atoms with Crippen molar-refractivity contribution in [3.63, 3.8) is 0 Å². The Bertz CT molecular complexity index is 445. The molecule has 4 nitrogen and oxygen atoms in total. The molecule has 0 aliphatic heterocycles. The number of carbonyl (C=O) groups is 2. The molecule has 1 rings (SSSR count). The maximum absolute atomic E-state index is 12.0. The van der Waals surface area contributed by atoms with Gasteiger partial charge in [-0.1, -0.05) is 51.1 Å². The summed E-state index contributed by atoms with van der Waals surface area (Å²) in [6.45, 7) is 5.00. The van der Waals surface area contributed by atoms with Crippen molar-refractivity contribution in [2.75, 3.05) is 0 Å². The average molecular weight is 264 g/mol. The lowest BCUT2D eigenvalue weighted by atomic mass is 9.81. The van der Waals surface area contributed by atoms with Crippen molar-refractivity contribution in [3.8, 4) is 0 Å². The van der Waals surface area contributed by atoms with E-state index in [9.17, 15) is 19.8 Å². The van der Waals surface area contributed by atoms with Gasteiger partial charge in [-0.2, -0.15) is 0 Å². The van der Waals surface area contributed by atoms with Gasteiger partial charge in [0.2, 0.25) is 0 Å². The smallest absolute Gasteiger partial charge is 0.309 e. The zero-order valence-electron chi connectivity index (χ0n) is 11.5. The molecule has 4 heteroatoms. The van der Waals surface area contributed by atoms with Crippen LogP contribution in [0.4, 0.5) is 0 Å². The van der Waals surface area contributed by atoms with Crippen LogP contribution in [-0.4, -0.2) is 28.1 Å². The summed E-state index contributed by atoms with van der Waals surface area (Å²) in [4.78, 5) is 23.3. The number of Topliss-reactive ketones (excluding diaryl/α,β-unsaturated/α-hetero) is 1. The van der Waals surface area contributed by atoms with Crippen molar-refractivity contribution in [2.45, 2.75) is 33.3 Å². The number of hydrogen-bond acceptors (Lipinski definition) is 3. The lowest BCUT2D eigenvalue weighted by Gasteiger charge is -2.25. The first kappa shape index (κ1) is 15.4. The zero-order chi connectivity index (χ0) is 14.6. The summed E-state index contributed by atoms with van der Waals surface area (Å²) < 4.78 is 0. The Morgan fingerprint density at radius 1 is 1.16 bits per heavy atom. The van der Waals surface area contributed by atoms with Crippen LogP contribution in [0.5, 0.6) is 0 Å². The van der Waals surface area contributed by atoms with E-state index in [-0.39, 0.29) is 6.42 Å². The average Bonchev–Trinajstić information content (AvgIpc) is 2.34. The SMILES string of the molecule is CC(C)(C)C(=O)C(O)[C@H](Cc1ccccc1)C(=O)O. The largest absolute Gasteiger partial charge is 0.481 e. The molecule has 19 heavy (non-hydrogen) atoms. The van der Waals surface area contributed by atoms with E-state index in [4.69, 9.17) is 0 Å². The van der Waals surface area contributed by atoms with Crippen LogP contribution in [-0.2, 0) is 16.0 Å². The van der Waals surface area contributed by atoms with Crippen molar-refractivity contribution in [1.82, 2.24) is 0 Å². The third kappa shape index (κ3) is 4.17. The maximum atomic E-state index is 12.0. The number of carbonyl (C=O) groups excluding carboxylic acids is 1. The predicted octanol–water partition coefficient (Wildman–Crippen LogP) is 1.91. The number of rotatable bonds is 5. The van der Waals surface area contributed by atoms with Gasteiger partial charge >= 0.3 is 5.97 Å². The molecule has 0 heterocycles. The monoisotopic (exact) mass is 264 g/mol. The first-order valence-corrected chi connectivity index (χ1v) is 6.22. The van der Waals surface area contributed by atoms with Crippen LogP contribution in [0.1, 0.15) is 26.3 Å². The maximum Gasteiger partial charge on any atom is 0.309 e. The van der Waals surface area contributed by atoms with Gasteiger partial charge < -0.3 is 10.2 Å². The van der Waals surface area contributed by atoms with Gasteiger partial charge in [-0.3, -0.25) is 9.59 Å². The molecule has 0 spiro atoms. The van der Waals surface area contributed by atoms with Crippen LogP contribution in [0.15, 0.2) is 30.3 Å². The van der Waals surface area contributed by atoms with Gasteiger partial charge in [0.05, 0.1) is 5.92 Å². The second kappa shape index (κ2) is 5.97. The molecule has 1 aromatic rings. The molecule has 0 amide bonds. The fraction of sp³-hybridized carbons (Fsp3) is 0.467. The van der Waals surface area contributed by atoms with Gasteiger partial charge in [0.25, 0.3) is 0 Å². The Hall–Kier alpha value is -1.68. The van der Waals surface area contributed by atoms with E-state index >= 15 is 0 Å². The summed E-state index contributed by atoms with van der Waals surface area (Å²) in [7, 11) is 0. The molecule has 2 atom stereocenters. The minimum absolute atomic E-state index is 0.138. The molecule has 0 saturated carbocycles. The Balaban J connectivity index is 2.90. The van der Waals surface area contributed by atoms with E-state index < -0.39 is 29.2 Å². The molecule has 2 N–H and O–H groups in total. The topological polar surface area (TPSA) is 74.6 Å². The fourth-order valence-electron chi connectivity index (χ4n) is 1.83. The molecule has 104 valence electrons. The summed E-state index contributed by atoms with van der Waals surface area (Å²) in [6.07, 6.45) is -1.35. The zero-order valence-corrected chi connectivity index (χ0v) is 11.5. The Morgan fingerprint density at radius 3 is 2.11 bits per heavy atom. The van der Waals surface area contributed by atoms with Crippen LogP contribution in [0.25, 0.3) is 0 Å². The molecule has 0 fully saturated rings. The highest BCUT2D eigenvalue weighted by molar-refractivity contribution is 5.91. The number of aliphatic carboxylic acids is 1. The summed E-state index contributed by atoms with van der Waals surface area (Å²) in [6, 6.07) is 8.99. The molecule has 0 aliphatic carbocycles. The standard InChI is InChI=1S/C15H20O4/c1-15(2,3)13(17)12(16)11(14(18)19)9-10-7-5-4-6-8-10/h4-8,11-12,16H,9H2,1-3H3,(H,18,19)/t11-,12?/m0/s1. The van der Waals surface area contributed by atoms with Gasteiger partial charge in [0.1, 0.15) is 6.10 Å². The van der Waals surface area contributed by atoms with Crippen LogP contribution in [0.2, 0.25) is 0 Å². The van der Waals surface area contributed by atoms with E-state index in [1.807, 2.05) is 6.07 Å². The van der Waals surface area contributed by atoms with Gasteiger partial charge in [-0.05, 0) is 12.0 Å². The second-order valence-electron chi connectivity index (χ2n) is 5.69. The van der Waals surface area contributed by atoms with Crippen molar-refractivity contribution in [2.24, 2.45) is 11.3 Å². The van der Waals surface area contributed by atoms with Gasteiger partial charge in [-0.15, -0.1) is 0 Å². The molecule has 0 radical (unpaired) electrons. The Labute approximate surface area is 113 Å². The summed E-state index contributed by atoms with van der Waals surface area (Å²) in [5.41, 5.74) is 0.0275. The third-order valence-electron chi connectivity index (χ3n) is 3.00. The van der Waals surface area contributed by atoms with Crippen molar-refractivity contribution in [1.29, 1.82) is 0 Å². The van der Waals surface area contributed by atoms with E-state index in [1.165, 1.54) is 0 Å². The minimum atomic E-state index is -1.49. The Kier molecular flexibility index (Phi) is 4.84. The van der Waals surface area contributed by atoms with E-state index in [0.29, 0.717) is 0 Å². The number of carboxylic acids is 1. The lowest BCUT2D eigenvalue weighted by molar-refractivity contribution is -0.152. The third-order valence-corrected chi connectivity index (χ3v) is 3.00. The fourth-order valence-corrected chi connectivity index (χ4v) is 1.83. The van der Waals surface area contributed by atoms with Gasteiger partial charge in [-0.25, -0.2) is 0 Å². The van der Waals surface area contributed by atoms with Gasteiger partial charge in [0, 0.05) is 5.41 Å². The van der Waals surface area contributed by atoms with Crippen LogP contribution >= 0.6 is 0 Å². The molecular formula is C15H20O4. The Morgan fingerprint density at radius 2 is 1.68 bits per heavy atom. The number of hydrogen-bond donors (Lipinski definition) is 2. The number of aliphatic hydroxyl groups is 1. The summed E-state index contributed by atoms with van der Waals surface area (Å²) in [5.74, 6) is -2.72. The first-order chi connectivity index (χ1) is 8.73. The highest BCUT2D eigenvalue weighted by Crippen LogP contribution is 2.23. The number of ketones is 1. The van der Waals surface area contributed by atoms with Gasteiger partial charge in [0.15, 0.2) is 5.78 Å². The minimum Gasteiger partial charge on any atom is -0.481 e. The number of carboxylic acid groups (broad SMARTS) is 1. The molecule has 0 aromatic heterocycles. The molecule has 0 aliphatic rings. The normalized spacial score (nSPS) is 14.7. The predicted molar refractivity (Wildman–Crippen MR) is 71.7 cm³/mol. The van der Waals surface area contributed by atoms with Crippen LogP contribution in [0, 0.1) is 11.3 Å². The molecular weight excluding hydrogens is 244 g/mol. The second-order valence-corrected chi connectivity index (χ2v) is 5.69. The van der Waals surface area contributed by atoms with Crippen molar-refractivity contribution >= 4 is 11.8 Å². The molecule has 1 unspecified atom stereocenters. The summed E-state index contributed by atoms with van der Waals surface area (Å²) in [5, 5.41) is 19.2. The summed E-state index contributed by atoms with van der Waals surface area (Å²) >= 11 is 0. The molecule has 0 bridgehead atoms. The molecule has 1 aromatic carbocycles. The quantitative estimate of drug-likeness (QED) is 0.851. The van der Waals surface area contributed by atoms with Crippen molar-refractivity contribution in [3.05, 3.63) is 35.9 Å². The van der Waals surface area contributed by atoms with Crippen molar-refractivity contribution < 1.29 is 19.8 Å². The highest BCUT2D eigenvalue weighted by atomic mass is 16.4. The number of benzene rings is 1. The highest BCUT2D eigenvalue weighted by Gasteiger charge is 2.37.